The summed E-state index contributed by atoms with van der Waals surface area (Å²) in [6.07, 6.45) is 7.06. The van der Waals surface area contributed by atoms with Crippen LogP contribution in [0.25, 0.3) is 5.69 Å². The first-order valence-electron chi connectivity index (χ1n) is 10.3. The van der Waals surface area contributed by atoms with Crippen molar-refractivity contribution in [1.82, 2.24) is 24.5 Å². The number of rotatable bonds is 5. The van der Waals surface area contributed by atoms with Crippen LogP contribution in [0.2, 0.25) is 0 Å². The molecule has 3 aromatic heterocycles. The molecule has 4 aromatic rings. The predicted octanol–water partition coefficient (Wildman–Crippen LogP) is 4.20. The van der Waals surface area contributed by atoms with Gasteiger partial charge in [0.1, 0.15) is 23.9 Å². The minimum Gasteiger partial charge on any atom is -0.494 e. The van der Waals surface area contributed by atoms with Gasteiger partial charge < -0.3 is 24.3 Å². The molecule has 0 spiro atoms. The van der Waals surface area contributed by atoms with Crippen LogP contribution in [0.15, 0.2) is 55.2 Å². The highest BCUT2D eigenvalue weighted by Gasteiger charge is 2.23. The number of hydrogen-bond donors (Lipinski definition) is 1. The van der Waals surface area contributed by atoms with Crippen LogP contribution in [0.1, 0.15) is 12.7 Å². The summed E-state index contributed by atoms with van der Waals surface area (Å²) in [5.74, 6) is 3.03. The minimum absolute atomic E-state index is 0. The lowest BCUT2D eigenvalue weighted by atomic mass is 10.1. The Hall–Kier alpha value is -4.14. The van der Waals surface area contributed by atoms with E-state index in [4.69, 9.17) is 14.5 Å². The van der Waals surface area contributed by atoms with Crippen LogP contribution in [0.3, 0.4) is 0 Å². The molecular weight excluding hydrogens is 406 g/mol. The Bertz CT molecular complexity index is 1280. The van der Waals surface area contributed by atoms with Crippen molar-refractivity contribution in [1.29, 1.82) is 0 Å². The van der Waals surface area contributed by atoms with Gasteiger partial charge >= 0.3 is 0 Å². The largest absolute Gasteiger partial charge is 0.494 e. The maximum atomic E-state index is 5.78. The standard InChI is InChI=1S/C23H23N7O2.H2/c1-15-6-4-5-7-17(15)30-8-9-32-20-12-25-23(28-22(20)30)27-21-10-19(31-3)18(11-24-21)29-13-16(2)26-14-29;/h4-7,10-14H,8-9H2,1-3H3,(H,24,25,27,28);1H. The fraction of sp³-hybridized carbons (Fsp3) is 0.217. The molecule has 1 aliphatic rings. The molecule has 164 valence electrons. The van der Waals surface area contributed by atoms with Crippen LogP contribution < -0.4 is 19.7 Å². The van der Waals surface area contributed by atoms with Gasteiger partial charge in [0.05, 0.1) is 38.1 Å². The number of benzene rings is 1. The van der Waals surface area contributed by atoms with Crippen LogP contribution in [-0.2, 0) is 0 Å². The maximum Gasteiger partial charge on any atom is 0.230 e. The number of nitrogens with one attached hydrogen (secondary N) is 1. The van der Waals surface area contributed by atoms with Gasteiger partial charge in [-0.05, 0) is 25.5 Å². The highest BCUT2D eigenvalue weighted by Crippen LogP contribution is 2.36. The fourth-order valence-electron chi connectivity index (χ4n) is 3.69. The molecule has 9 nitrogen and oxygen atoms in total. The number of para-hydroxylation sites is 1. The molecule has 0 radical (unpaired) electrons. The Morgan fingerprint density at radius 2 is 1.97 bits per heavy atom. The van der Waals surface area contributed by atoms with Gasteiger partial charge in [-0.2, -0.15) is 4.98 Å². The van der Waals surface area contributed by atoms with Gasteiger partial charge in [0.2, 0.25) is 5.95 Å². The molecule has 4 heterocycles. The van der Waals surface area contributed by atoms with E-state index in [2.05, 4.69) is 44.2 Å². The van der Waals surface area contributed by atoms with Crippen molar-refractivity contribution in [2.75, 3.05) is 30.5 Å². The Kier molecular flexibility index (Phi) is 5.06. The maximum absolute atomic E-state index is 5.78. The molecular formula is C23H25N7O2. The summed E-state index contributed by atoms with van der Waals surface area (Å²) in [6.45, 7) is 5.30. The second-order valence-electron chi connectivity index (χ2n) is 7.46. The first-order chi connectivity index (χ1) is 15.6. The second-order valence-corrected chi connectivity index (χ2v) is 7.46. The minimum atomic E-state index is 0. The zero-order chi connectivity index (χ0) is 22.1. The number of ether oxygens (including phenoxy) is 2. The molecule has 0 fully saturated rings. The van der Waals surface area contributed by atoms with Gasteiger partial charge in [0.15, 0.2) is 11.6 Å². The van der Waals surface area contributed by atoms with Gasteiger partial charge in [0, 0.05) is 19.4 Å². The van der Waals surface area contributed by atoms with Gasteiger partial charge in [0.25, 0.3) is 0 Å². The van der Waals surface area contributed by atoms with E-state index in [1.54, 1.807) is 25.8 Å². The molecule has 0 atom stereocenters. The van der Waals surface area contributed by atoms with Crippen LogP contribution in [0.5, 0.6) is 11.5 Å². The lowest BCUT2D eigenvalue weighted by Crippen LogP contribution is -2.30. The Balaban J connectivity index is 0.00000259. The molecule has 0 saturated heterocycles. The average molecular weight is 432 g/mol. The van der Waals surface area contributed by atoms with Crippen molar-refractivity contribution in [3.8, 4) is 17.2 Å². The molecule has 1 aromatic carbocycles. The van der Waals surface area contributed by atoms with Crippen LogP contribution >= 0.6 is 0 Å². The number of aryl methyl sites for hydroxylation is 2. The van der Waals surface area contributed by atoms with Crippen LogP contribution in [0, 0.1) is 13.8 Å². The summed E-state index contributed by atoms with van der Waals surface area (Å²) < 4.78 is 13.2. The SMILES string of the molecule is COc1cc(Nc2ncc3c(n2)N(c2ccccc2C)CCO3)ncc1-n1cnc(C)c1.[HH]. The second kappa shape index (κ2) is 8.18. The Labute approximate surface area is 187 Å². The zero-order valence-electron chi connectivity index (χ0n) is 18.1. The van der Waals surface area contributed by atoms with Crippen molar-refractivity contribution in [2.45, 2.75) is 13.8 Å². The summed E-state index contributed by atoms with van der Waals surface area (Å²) in [6, 6.07) is 10.0. The number of nitrogens with zero attached hydrogens (tertiary/aromatic N) is 6. The molecule has 0 saturated carbocycles. The number of methoxy groups -OCH3 is 1. The number of fused-ring (bicyclic) bond motifs is 1. The first-order valence-corrected chi connectivity index (χ1v) is 10.3. The molecule has 0 bridgehead atoms. The topological polar surface area (TPSA) is 90.2 Å². The molecule has 9 heteroatoms. The van der Waals surface area contributed by atoms with Crippen LogP contribution in [0.4, 0.5) is 23.3 Å². The van der Waals surface area contributed by atoms with E-state index >= 15 is 0 Å². The normalized spacial score (nSPS) is 12.8. The number of imidazole rings is 1. The van der Waals surface area contributed by atoms with Gasteiger partial charge in [-0.25, -0.2) is 15.0 Å². The van der Waals surface area contributed by atoms with Crippen LogP contribution in [-0.4, -0.2) is 44.8 Å². The number of pyridine rings is 1. The predicted molar refractivity (Wildman–Crippen MR) is 124 cm³/mol. The zero-order valence-corrected chi connectivity index (χ0v) is 18.1. The molecule has 1 N–H and O–H groups in total. The van der Waals surface area contributed by atoms with E-state index in [1.807, 2.05) is 35.9 Å². The van der Waals surface area contributed by atoms with Gasteiger partial charge in [-0.1, -0.05) is 18.2 Å². The average Bonchev–Trinajstić information content (AvgIpc) is 3.25. The third-order valence-electron chi connectivity index (χ3n) is 5.27. The number of hydrogen-bond acceptors (Lipinski definition) is 8. The summed E-state index contributed by atoms with van der Waals surface area (Å²) in [7, 11) is 1.62. The lowest BCUT2D eigenvalue weighted by Gasteiger charge is -2.31. The number of aromatic nitrogens is 5. The smallest absolute Gasteiger partial charge is 0.230 e. The Morgan fingerprint density at radius 1 is 1.09 bits per heavy atom. The van der Waals surface area contributed by atoms with Crippen molar-refractivity contribution in [2.24, 2.45) is 0 Å². The highest BCUT2D eigenvalue weighted by molar-refractivity contribution is 5.70. The summed E-state index contributed by atoms with van der Waals surface area (Å²) in [5, 5.41) is 3.18. The van der Waals surface area contributed by atoms with Gasteiger partial charge in [-0.3, -0.25) is 0 Å². The third kappa shape index (κ3) is 3.68. The van der Waals surface area contributed by atoms with Gasteiger partial charge in [-0.15, -0.1) is 0 Å². The van der Waals surface area contributed by atoms with E-state index in [0.717, 1.165) is 22.9 Å². The van der Waals surface area contributed by atoms with E-state index in [0.29, 0.717) is 36.4 Å². The lowest BCUT2D eigenvalue weighted by molar-refractivity contribution is 0.310. The van der Waals surface area contributed by atoms with Crippen molar-refractivity contribution < 1.29 is 10.9 Å². The van der Waals surface area contributed by atoms with E-state index in [1.165, 1.54) is 5.56 Å². The highest BCUT2D eigenvalue weighted by atomic mass is 16.5. The van der Waals surface area contributed by atoms with E-state index < -0.39 is 0 Å². The Morgan fingerprint density at radius 3 is 2.75 bits per heavy atom. The molecule has 5 rings (SSSR count). The molecule has 0 unspecified atom stereocenters. The number of anilines is 4. The van der Waals surface area contributed by atoms with Crippen molar-refractivity contribution in [3.63, 3.8) is 0 Å². The summed E-state index contributed by atoms with van der Waals surface area (Å²) >= 11 is 0. The van der Waals surface area contributed by atoms with Crippen molar-refractivity contribution >= 4 is 23.3 Å². The first kappa shape index (κ1) is 19.8. The van der Waals surface area contributed by atoms with E-state index in [-0.39, 0.29) is 1.43 Å². The third-order valence-corrected chi connectivity index (χ3v) is 5.27. The summed E-state index contributed by atoms with van der Waals surface area (Å²) in [4.78, 5) is 20.1. The molecule has 32 heavy (non-hydrogen) atoms. The quantitative estimate of drug-likeness (QED) is 0.503. The summed E-state index contributed by atoms with van der Waals surface area (Å²) in [5.41, 5.74) is 3.98. The molecule has 1 aliphatic heterocycles. The van der Waals surface area contributed by atoms with E-state index in [9.17, 15) is 0 Å². The fourth-order valence-corrected chi connectivity index (χ4v) is 3.69. The van der Waals surface area contributed by atoms with Crippen molar-refractivity contribution in [3.05, 3.63) is 66.5 Å². The monoisotopic (exact) mass is 431 g/mol. The molecule has 0 aliphatic carbocycles. The molecule has 0 amide bonds.